The molecule has 0 bridgehead atoms. The zero-order chi connectivity index (χ0) is 11.7. The molecule has 0 aliphatic carbocycles. The van der Waals surface area contributed by atoms with Crippen molar-refractivity contribution < 1.29 is 4.79 Å². The molecule has 1 saturated heterocycles. The Bertz CT molecular complexity index is 303. The van der Waals surface area contributed by atoms with Crippen LogP contribution in [-0.4, -0.2) is 11.7 Å². The quantitative estimate of drug-likeness (QED) is 0.779. The Labute approximate surface area is 95.8 Å². The fraction of sp³-hybridized carbons (Fsp3) is 0.250. The van der Waals surface area contributed by atoms with Gasteiger partial charge in [0.2, 0.25) is 5.91 Å². The van der Waals surface area contributed by atoms with Crippen LogP contribution < -0.4 is 5.32 Å². The normalized spacial score (nSPS) is 20.3. The number of hydrogen-bond acceptors (Lipinski definition) is 2. The molecule has 2 nitrogen and oxygen atoms in total. The van der Waals surface area contributed by atoms with Gasteiger partial charge in [-0.15, -0.1) is 11.8 Å². The zero-order valence-corrected chi connectivity index (χ0v) is 10.1. The van der Waals surface area contributed by atoms with Crippen LogP contribution in [0.25, 0.3) is 0 Å². The Morgan fingerprint density at radius 1 is 1.27 bits per heavy atom. The predicted molar refractivity (Wildman–Crippen MR) is 68.5 cm³/mol. The van der Waals surface area contributed by atoms with Crippen LogP contribution in [0.3, 0.4) is 0 Å². The minimum absolute atomic E-state index is 0.0271. The van der Waals surface area contributed by atoms with Gasteiger partial charge in [-0.1, -0.05) is 39.2 Å². The molecule has 1 amide bonds. The summed E-state index contributed by atoms with van der Waals surface area (Å²) >= 11 is 1.51. The average molecular weight is 223 g/mol. The number of nitrogens with one attached hydrogen (secondary N) is 1. The zero-order valence-electron chi connectivity index (χ0n) is 9.25. The van der Waals surface area contributed by atoms with Crippen molar-refractivity contribution in [3.05, 3.63) is 48.1 Å². The molecule has 0 aromatic carbocycles. The maximum absolute atomic E-state index is 11.0. The van der Waals surface area contributed by atoms with Crippen LogP contribution in [0, 0.1) is 0 Å². The Balaban J connectivity index is 0.000000921. The Morgan fingerprint density at radius 3 is 2.40 bits per heavy atom. The third-order valence-electron chi connectivity index (χ3n) is 1.45. The van der Waals surface area contributed by atoms with E-state index in [2.05, 4.69) is 18.5 Å². The van der Waals surface area contributed by atoms with Crippen LogP contribution in [0.1, 0.15) is 13.8 Å². The summed E-state index contributed by atoms with van der Waals surface area (Å²) in [6, 6.07) is 0. The first-order valence-electron chi connectivity index (χ1n) is 4.86. The van der Waals surface area contributed by atoms with Crippen molar-refractivity contribution in [3.63, 3.8) is 0 Å². The summed E-state index contributed by atoms with van der Waals surface area (Å²) in [5, 5.41) is 2.77. The van der Waals surface area contributed by atoms with Crippen LogP contribution in [-0.2, 0) is 4.79 Å². The van der Waals surface area contributed by atoms with E-state index < -0.39 is 0 Å². The van der Waals surface area contributed by atoms with Gasteiger partial charge >= 0.3 is 0 Å². The van der Waals surface area contributed by atoms with Crippen molar-refractivity contribution in [2.75, 3.05) is 5.75 Å². The Kier molecular flexibility index (Phi) is 7.46. The van der Waals surface area contributed by atoms with Crippen LogP contribution in [0.2, 0.25) is 0 Å². The van der Waals surface area contributed by atoms with Crippen LogP contribution in [0.15, 0.2) is 48.1 Å². The summed E-state index contributed by atoms with van der Waals surface area (Å²) in [5.74, 6) is 0.494. The van der Waals surface area contributed by atoms with Crippen LogP contribution in [0.5, 0.6) is 0 Å². The van der Waals surface area contributed by atoms with E-state index >= 15 is 0 Å². The number of hydrogen-bond donors (Lipinski definition) is 1. The third kappa shape index (κ3) is 4.70. The van der Waals surface area contributed by atoms with Crippen molar-refractivity contribution in [3.8, 4) is 0 Å². The highest BCUT2D eigenvalue weighted by atomic mass is 32.2. The molecule has 1 aliphatic rings. The molecule has 0 radical (unpaired) electrons. The number of rotatable bonds is 2. The molecule has 1 N–H and O–H groups in total. The maximum atomic E-state index is 11.0. The van der Waals surface area contributed by atoms with Gasteiger partial charge in [0.1, 0.15) is 0 Å². The molecule has 0 unspecified atom stereocenters. The van der Waals surface area contributed by atoms with E-state index in [1.54, 1.807) is 18.2 Å². The predicted octanol–water partition coefficient (Wildman–Crippen LogP) is 3.02. The summed E-state index contributed by atoms with van der Waals surface area (Å²) in [4.78, 5) is 12.1. The summed E-state index contributed by atoms with van der Waals surface area (Å²) in [6.45, 7) is 11.2. The monoisotopic (exact) mass is 223 g/mol. The molecule has 0 aromatic heterocycles. The molecule has 15 heavy (non-hydrogen) atoms. The number of allylic oxidation sites excluding steroid dienone is 4. The molecule has 1 aliphatic heterocycles. The lowest BCUT2D eigenvalue weighted by Gasteiger charge is -2.17. The van der Waals surface area contributed by atoms with Crippen LogP contribution >= 0.6 is 11.8 Å². The van der Waals surface area contributed by atoms with Gasteiger partial charge in [0.15, 0.2) is 0 Å². The lowest BCUT2D eigenvalue weighted by Crippen LogP contribution is -2.29. The second-order valence-corrected chi connectivity index (χ2v) is 3.44. The van der Waals surface area contributed by atoms with Crippen molar-refractivity contribution in [2.45, 2.75) is 13.8 Å². The van der Waals surface area contributed by atoms with Gasteiger partial charge in [-0.2, -0.15) is 0 Å². The van der Waals surface area contributed by atoms with Crippen molar-refractivity contribution in [1.82, 2.24) is 5.32 Å². The van der Waals surface area contributed by atoms with E-state index in [1.807, 2.05) is 19.9 Å². The minimum Gasteiger partial charge on any atom is -0.324 e. The fourth-order valence-corrected chi connectivity index (χ4v) is 1.78. The summed E-state index contributed by atoms with van der Waals surface area (Å²) in [5.41, 5.74) is 0.802. The van der Waals surface area contributed by atoms with Gasteiger partial charge < -0.3 is 5.32 Å². The van der Waals surface area contributed by atoms with Crippen molar-refractivity contribution >= 4 is 17.7 Å². The van der Waals surface area contributed by atoms with Crippen molar-refractivity contribution in [2.24, 2.45) is 0 Å². The molecule has 0 spiro atoms. The van der Waals surface area contributed by atoms with E-state index in [0.717, 1.165) is 10.6 Å². The molecule has 0 saturated carbocycles. The number of carbonyl (C=O) groups excluding carboxylic acids is 1. The van der Waals surface area contributed by atoms with Gasteiger partial charge in [0, 0.05) is 4.91 Å². The van der Waals surface area contributed by atoms with Gasteiger partial charge in [-0.25, -0.2) is 0 Å². The standard InChI is InChI=1S/C10H11NOS.C2H6/c1-3-5-8-9(6-4-2)13-7-10(12)11-8;1-2/h3-6H,1-2,7H2,(H,11,12);1-2H3/b8-5+,9-6+;. The lowest BCUT2D eigenvalue weighted by atomic mass is 10.3. The largest absolute Gasteiger partial charge is 0.324 e. The van der Waals surface area contributed by atoms with E-state index in [0.29, 0.717) is 5.75 Å². The molecule has 0 atom stereocenters. The van der Waals surface area contributed by atoms with Crippen molar-refractivity contribution in [1.29, 1.82) is 0 Å². The first-order valence-corrected chi connectivity index (χ1v) is 5.85. The molecular formula is C12H17NOS. The summed E-state index contributed by atoms with van der Waals surface area (Å²) < 4.78 is 0. The topological polar surface area (TPSA) is 29.1 Å². The molecule has 1 fully saturated rings. The van der Waals surface area contributed by atoms with Gasteiger partial charge in [0.25, 0.3) is 0 Å². The van der Waals surface area contributed by atoms with Gasteiger partial charge in [0.05, 0.1) is 11.4 Å². The first-order chi connectivity index (χ1) is 7.27. The second kappa shape index (κ2) is 8.12. The van der Waals surface area contributed by atoms with E-state index in [-0.39, 0.29) is 5.91 Å². The third-order valence-corrected chi connectivity index (χ3v) is 2.53. The van der Waals surface area contributed by atoms with Crippen LogP contribution in [0.4, 0.5) is 0 Å². The number of thioether (sulfide) groups is 1. The van der Waals surface area contributed by atoms with E-state index in [9.17, 15) is 4.79 Å². The summed E-state index contributed by atoms with van der Waals surface area (Å²) in [7, 11) is 0. The number of carbonyl (C=O) groups is 1. The highest BCUT2D eigenvalue weighted by Crippen LogP contribution is 2.26. The van der Waals surface area contributed by atoms with Gasteiger partial charge in [-0.3, -0.25) is 4.79 Å². The maximum Gasteiger partial charge on any atom is 0.234 e. The fourth-order valence-electron chi connectivity index (χ4n) is 0.956. The second-order valence-electron chi connectivity index (χ2n) is 2.42. The molecule has 0 aromatic rings. The molecule has 1 rings (SSSR count). The average Bonchev–Trinajstić information content (AvgIpc) is 2.26. The smallest absolute Gasteiger partial charge is 0.234 e. The minimum atomic E-state index is 0.0271. The van der Waals surface area contributed by atoms with E-state index in [4.69, 9.17) is 0 Å². The molecule has 82 valence electrons. The highest BCUT2D eigenvalue weighted by molar-refractivity contribution is 8.04. The molecule has 1 heterocycles. The molecular weight excluding hydrogens is 206 g/mol. The number of amides is 1. The van der Waals surface area contributed by atoms with E-state index in [1.165, 1.54) is 11.8 Å². The Morgan fingerprint density at radius 2 is 1.87 bits per heavy atom. The Hall–Kier alpha value is -1.22. The highest BCUT2D eigenvalue weighted by Gasteiger charge is 2.16. The first kappa shape index (κ1) is 13.8. The SMILES string of the molecule is C=C/C=C1/NC(=O)CS/C1=C/C=C.CC. The summed E-state index contributed by atoms with van der Waals surface area (Å²) in [6.07, 6.45) is 7.01. The lowest BCUT2D eigenvalue weighted by molar-refractivity contribution is -0.117. The van der Waals surface area contributed by atoms with Gasteiger partial charge in [-0.05, 0) is 12.2 Å². The molecule has 3 heteroatoms.